The second kappa shape index (κ2) is 4.27. The quantitative estimate of drug-likeness (QED) is 0.711. The van der Waals surface area contributed by atoms with Crippen LogP contribution in [0.3, 0.4) is 0 Å². The second-order valence-electron chi connectivity index (χ2n) is 3.69. The van der Waals surface area contributed by atoms with E-state index in [-0.39, 0.29) is 0 Å². The van der Waals surface area contributed by atoms with E-state index in [4.69, 9.17) is 0 Å². The van der Waals surface area contributed by atoms with Crippen LogP contribution in [0.25, 0.3) is 0 Å². The van der Waals surface area contributed by atoms with Crippen molar-refractivity contribution in [3.63, 3.8) is 0 Å². The number of amidine groups is 1. The lowest BCUT2D eigenvalue weighted by Gasteiger charge is -2.00. The fraction of sp³-hybridized carbons (Fsp3) is 0.417. The zero-order valence-electron chi connectivity index (χ0n) is 8.64. The van der Waals surface area contributed by atoms with Crippen LogP contribution in [0.15, 0.2) is 24.3 Å². The summed E-state index contributed by atoms with van der Waals surface area (Å²) in [5.74, 6) is 1.26. The number of anilines is 1. The molecule has 1 aromatic carbocycles. The lowest BCUT2D eigenvalue weighted by molar-refractivity contribution is -0.447. The van der Waals surface area contributed by atoms with Crippen LogP contribution in [-0.2, 0) is 6.42 Å². The minimum Gasteiger partial charge on any atom is -0.278 e. The van der Waals surface area contributed by atoms with Gasteiger partial charge in [0.15, 0.2) is 0 Å². The Labute approximate surface area is 85.1 Å². The molecule has 1 heterocycles. The van der Waals surface area contributed by atoms with Crippen molar-refractivity contribution in [3.8, 4) is 0 Å². The Hall–Kier alpha value is -1.31. The second-order valence-corrected chi connectivity index (χ2v) is 3.69. The molecule has 0 radical (unpaired) electrons. The highest BCUT2D eigenvalue weighted by atomic mass is 15.0. The molecule has 0 unspecified atom stereocenters. The van der Waals surface area contributed by atoms with E-state index in [1.807, 2.05) is 0 Å². The SMILES string of the molecule is CCc1cccc(NC2=[NH+]CCC2)c1. The molecule has 0 saturated carbocycles. The maximum Gasteiger partial charge on any atom is 0.247 e. The van der Waals surface area contributed by atoms with Crippen LogP contribution in [0.2, 0.25) is 0 Å². The molecule has 0 saturated heterocycles. The van der Waals surface area contributed by atoms with E-state index in [9.17, 15) is 0 Å². The van der Waals surface area contributed by atoms with Gasteiger partial charge in [0, 0.05) is 0 Å². The first kappa shape index (κ1) is 9.25. The maximum atomic E-state index is 3.42. The van der Waals surface area contributed by atoms with Gasteiger partial charge in [-0.15, -0.1) is 0 Å². The van der Waals surface area contributed by atoms with Crippen molar-refractivity contribution in [3.05, 3.63) is 29.8 Å². The van der Waals surface area contributed by atoms with Crippen LogP contribution >= 0.6 is 0 Å². The van der Waals surface area contributed by atoms with Gasteiger partial charge in [-0.25, -0.2) is 5.32 Å². The summed E-state index contributed by atoms with van der Waals surface area (Å²) < 4.78 is 0. The van der Waals surface area contributed by atoms with E-state index in [2.05, 4.69) is 41.5 Å². The highest BCUT2D eigenvalue weighted by molar-refractivity contribution is 5.91. The molecule has 2 rings (SSSR count). The fourth-order valence-electron chi connectivity index (χ4n) is 1.74. The summed E-state index contributed by atoms with van der Waals surface area (Å²) in [6, 6.07) is 8.60. The summed E-state index contributed by atoms with van der Waals surface area (Å²) in [6.07, 6.45) is 3.49. The Morgan fingerprint density at radius 1 is 1.43 bits per heavy atom. The number of hydrogen-bond donors (Lipinski definition) is 2. The van der Waals surface area contributed by atoms with Gasteiger partial charge in [0.1, 0.15) is 5.69 Å². The molecule has 1 aliphatic rings. The number of nitrogens with one attached hydrogen (secondary N) is 2. The lowest BCUT2D eigenvalue weighted by Crippen LogP contribution is -2.70. The lowest BCUT2D eigenvalue weighted by atomic mass is 10.1. The molecule has 0 aliphatic carbocycles. The Bertz CT molecular complexity index is 342. The maximum absolute atomic E-state index is 3.42. The van der Waals surface area contributed by atoms with Crippen LogP contribution in [-0.4, -0.2) is 12.4 Å². The highest BCUT2D eigenvalue weighted by Gasteiger charge is 2.12. The first-order chi connectivity index (χ1) is 6.88. The summed E-state index contributed by atoms with van der Waals surface area (Å²) in [5, 5.41) is 3.42. The van der Waals surface area contributed by atoms with E-state index in [0.29, 0.717) is 0 Å². The van der Waals surface area contributed by atoms with E-state index >= 15 is 0 Å². The minimum atomic E-state index is 1.10. The van der Waals surface area contributed by atoms with E-state index < -0.39 is 0 Å². The van der Waals surface area contributed by atoms with E-state index in [1.165, 1.54) is 23.5 Å². The van der Waals surface area contributed by atoms with Gasteiger partial charge in [-0.05, 0) is 30.5 Å². The molecule has 0 aromatic heterocycles. The first-order valence-electron chi connectivity index (χ1n) is 5.34. The van der Waals surface area contributed by atoms with Gasteiger partial charge in [-0.1, -0.05) is 19.1 Å². The highest BCUT2D eigenvalue weighted by Crippen LogP contribution is 2.11. The largest absolute Gasteiger partial charge is 0.278 e. The average Bonchev–Trinajstić information content (AvgIpc) is 2.71. The summed E-state index contributed by atoms with van der Waals surface area (Å²) >= 11 is 0. The molecule has 2 N–H and O–H groups in total. The number of hydrogen-bond acceptors (Lipinski definition) is 1. The molecule has 74 valence electrons. The average molecular weight is 189 g/mol. The predicted octanol–water partition coefficient (Wildman–Crippen LogP) is 0.934. The zero-order valence-corrected chi connectivity index (χ0v) is 8.64. The topological polar surface area (TPSA) is 26.0 Å². The summed E-state index contributed by atoms with van der Waals surface area (Å²) in [7, 11) is 0. The third-order valence-corrected chi connectivity index (χ3v) is 2.57. The Morgan fingerprint density at radius 2 is 2.36 bits per heavy atom. The molecule has 2 nitrogen and oxygen atoms in total. The van der Waals surface area contributed by atoms with Gasteiger partial charge in [-0.2, -0.15) is 0 Å². The van der Waals surface area contributed by atoms with Crippen LogP contribution in [0.4, 0.5) is 5.69 Å². The summed E-state index contributed by atoms with van der Waals surface area (Å²) in [5.41, 5.74) is 2.59. The van der Waals surface area contributed by atoms with Gasteiger partial charge in [-0.3, -0.25) is 4.99 Å². The molecule has 0 spiro atoms. The van der Waals surface area contributed by atoms with Crippen molar-refractivity contribution in [2.45, 2.75) is 26.2 Å². The zero-order chi connectivity index (χ0) is 9.80. The normalized spacial score (nSPS) is 15.4. The molecule has 0 atom stereocenters. The number of benzene rings is 1. The fourth-order valence-corrected chi connectivity index (χ4v) is 1.74. The molecule has 14 heavy (non-hydrogen) atoms. The molecular formula is C12H17N2+. The van der Waals surface area contributed by atoms with E-state index in [1.54, 1.807) is 0 Å². The van der Waals surface area contributed by atoms with Crippen molar-refractivity contribution in [1.29, 1.82) is 0 Å². The van der Waals surface area contributed by atoms with Gasteiger partial charge >= 0.3 is 0 Å². The van der Waals surface area contributed by atoms with E-state index in [0.717, 1.165) is 19.4 Å². The van der Waals surface area contributed by atoms with Crippen LogP contribution in [0, 0.1) is 0 Å². The molecule has 2 heteroatoms. The first-order valence-corrected chi connectivity index (χ1v) is 5.34. The van der Waals surface area contributed by atoms with Crippen LogP contribution < -0.4 is 10.3 Å². The third-order valence-electron chi connectivity index (χ3n) is 2.57. The van der Waals surface area contributed by atoms with Gasteiger partial charge in [0.05, 0.1) is 13.0 Å². The molecule has 0 amide bonds. The predicted molar refractivity (Wildman–Crippen MR) is 59.5 cm³/mol. The van der Waals surface area contributed by atoms with Crippen LogP contribution in [0.5, 0.6) is 0 Å². The van der Waals surface area contributed by atoms with Gasteiger partial charge in [0.25, 0.3) is 0 Å². The molecule has 1 aliphatic heterocycles. The molecule has 0 bridgehead atoms. The van der Waals surface area contributed by atoms with Crippen LogP contribution in [0.1, 0.15) is 25.3 Å². The van der Waals surface area contributed by atoms with Gasteiger partial charge in [0.2, 0.25) is 5.84 Å². The standard InChI is InChI=1S/C12H16N2/c1-2-10-5-3-6-11(9-10)14-12-7-4-8-13-12/h3,5-6,9H,2,4,7-8H2,1H3,(H,13,14)/p+1. The third kappa shape index (κ3) is 2.13. The molecule has 1 aromatic rings. The van der Waals surface area contributed by atoms with Crippen molar-refractivity contribution >= 4 is 11.5 Å². The smallest absolute Gasteiger partial charge is 0.247 e. The Morgan fingerprint density at radius 3 is 3.07 bits per heavy atom. The summed E-state index contributed by atoms with van der Waals surface area (Å²) in [4.78, 5) is 3.35. The van der Waals surface area contributed by atoms with Gasteiger partial charge < -0.3 is 0 Å². The van der Waals surface area contributed by atoms with Crippen molar-refractivity contribution in [2.75, 3.05) is 11.9 Å². The molecule has 0 fully saturated rings. The van der Waals surface area contributed by atoms with Crippen molar-refractivity contribution < 1.29 is 4.99 Å². The minimum absolute atomic E-state index is 1.10. The Balaban J connectivity index is 2.08. The number of rotatable bonds is 2. The Kier molecular flexibility index (Phi) is 2.82. The number of aryl methyl sites for hydroxylation is 1. The molecular weight excluding hydrogens is 172 g/mol. The van der Waals surface area contributed by atoms with Crippen molar-refractivity contribution in [2.24, 2.45) is 0 Å². The van der Waals surface area contributed by atoms with Crippen molar-refractivity contribution in [1.82, 2.24) is 0 Å². The summed E-state index contributed by atoms with van der Waals surface area (Å²) in [6.45, 7) is 3.29. The monoisotopic (exact) mass is 189 g/mol.